The average Bonchev–Trinajstić information content (AvgIpc) is 3.10. The van der Waals surface area contributed by atoms with Crippen molar-refractivity contribution in [2.24, 2.45) is 0 Å². The van der Waals surface area contributed by atoms with Gasteiger partial charge in [0.15, 0.2) is 5.76 Å². The zero-order valence-corrected chi connectivity index (χ0v) is 14.2. The Labute approximate surface area is 132 Å². The summed E-state index contributed by atoms with van der Waals surface area (Å²) in [5.74, 6) is 1.46. The molecule has 0 N–H and O–H groups in total. The van der Waals surface area contributed by atoms with Crippen molar-refractivity contribution >= 4 is 27.3 Å². The third kappa shape index (κ3) is 3.00. The molecule has 1 aliphatic rings. The molecule has 0 radical (unpaired) electrons. The highest BCUT2D eigenvalue weighted by atomic mass is 79.9. The van der Waals surface area contributed by atoms with Crippen molar-refractivity contribution in [1.82, 2.24) is 10.1 Å². The summed E-state index contributed by atoms with van der Waals surface area (Å²) in [5, 5.41) is 4.20. The molecule has 0 saturated carbocycles. The zero-order valence-electron chi connectivity index (χ0n) is 11.8. The van der Waals surface area contributed by atoms with Crippen LogP contribution in [0.1, 0.15) is 55.0 Å². The molecule has 1 saturated heterocycles. The lowest BCUT2D eigenvalue weighted by Crippen LogP contribution is -2.21. The van der Waals surface area contributed by atoms with E-state index in [4.69, 9.17) is 4.52 Å². The molecule has 3 nitrogen and oxygen atoms in total. The smallest absolute Gasteiger partial charge is 0.154 e. The minimum Gasteiger partial charge on any atom is -0.359 e. The SMILES string of the molecule is CC(C)c1cc([C@@H]2CCCN2Cc2ccc(Br)s2)on1. The van der Waals surface area contributed by atoms with Crippen LogP contribution in [-0.4, -0.2) is 16.6 Å². The number of nitrogens with zero attached hydrogens (tertiary/aromatic N) is 2. The minimum atomic E-state index is 0.385. The Balaban J connectivity index is 1.74. The molecule has 0 aromatic carbocycles. The molecule has 108 valence electrons. The number of halogens is 1. The molecule has 0 aliphatic carbocycles. The normalized spacial score (nSPS) is 20.1. The molecule has 1 atom stereocenters. The summed E-state index contributed by atoms with van der Waals surface area (Å²) in [4.78, 5) is 3.90. The van der Waals surface area contributed by atoms with Crippen LogP contribution in [0.3, 0.4) is 0 Å². The van der Waals surface area contributed by atoms with Crippen LogP contribution in [0.15, 0.2) is 26.5 Å². The number of aromatic nitrogens is 1. The van der Waals surface area contributed by atoms with E-state index >= 15 is 0 Å². The molecule has 2 aromatic heterocycles. The fraction of sp³-hybridized carbons (Fsp3) is 0.533. The quantitative estimate of drug-likeness (QED) is 0.776. The number of likely N-dealkylation sites (tertiary alicyclic amines) is 1. The van der Waals surface area contributed by atoms with Crippen LogP contribution in [-0.2, 0) is 6.54 Å². The molecule has 0 amide bonds. The Morgan fingerprint density at radius 3 is 3.00 bits per heavy atom. The Morgan fingerprint density at radius 2 is 2.35 bits per heavy atom. The summed E-state index contributed by atoms with van der Waals surface area (Å²) < 4.78 is 6.78. The van der Waals surface area contributed by atoms with E-state index < -0.39 is 0 Å². The van der Waals surface area contributed by atoms with E-state index in [-0.39, 0.29) is 0 Å². The van der Waals surface area contributed by atoms with Gasteiger partial charge in [0.1, 0.15) is 0 Å². The first-order chi connectivity index (χ1) is 9.63. The highest BCUT2D eigenvalue weighted by molar-refractivity contribution is 9.11. The van der Waals surface area contributed by atoms with Crippen LogP contribution in [0.25, 0.3) is 0 Å². The van der Waals surface area contributed by atoms with Gasteiger partial charge in [-0.2, -0.15) is 0 Å². The van der Waals surface area contributed by atoms with E-state index in [1.807, 2.05) is 11.3 Å². The molecule has 2 aromatic rings. The topological polar surface area (TPSA) is 29.3 Å². The van der Waals surface area contributed by atoms with Crippen molar-refractivity contribution in [2.45, 2.75) is 45.2 Å². The zero-order chi connectivity index (χ0) is 14.1. The van der Waals surface area contributed by atoms with E-state index in [0.717, 1.165) is 24.5 Å². The minimum absolute atomic E-state index is 0.385. The van der Waals surface area contributed by atoms with Gasteiger partial charge in [0.05, 0.1) is 15.5 Å². The highest BCUT2D eigenvalue weighted by Crippen LogP contribution is 2.35. The first-order valence-electron chi connectivity index (χ1n) is 7.08. The van der Waals surface area contributed by atoms with Crippen LogP contribution in [0, 0.1) is 0 Å². The molecular formula is C15H19BrN2OS. The van der Waals surface area contributed by atoms with Gasteiger partial charge < -0.3 is 4.52 Å². The van der Waals surface area contributed by atoms with Gasteiger partial charge in [-0.05, 0) is 53.4 Å². The molecule has 1 aliphatic heterocycles. The number of rotatable bonds is 4. The summed E-state index contributed by atoms with van der Waals surface area (Å²) in [6.45, 7) is 6.44. The van der Waals surface area contributed by atoms with Crippen molar-refractivity contribution in [3.8, 4) is 0 Å². The first kappa shape index (κ1) is 14.3. The van der Waals surface area contributed by atoms with Gasteiger partial charge in [-0.1, -0.05) is 19.0 Å². The van der Waals surface area contributed by atoms with E-state index in [1.54, 1.807) is 0 Å². The second-order valence-electron chi connectivity index (χ2n) is 5.64. The van der Waals surface area contributed by atoms with Gasteiger partial charge in [-0.25, -0.2) is 0 Å². The highest BCUT2D eigenvalue weighted by Gasteiger charge is 2.29. The van der Waals surface area contributed by atoms with Crippen molar-refractivity contribution in [3.05, 3.63) is 38.3 Å². The lowest BCUT2D eigenvalue weighted by molar-refractivity contribution is 0.208. The van der Waals surface area contributed by atoms with Crippen LogP contribution >= 0.6 is 27.3 Å². The van der Waals surface area contributed by atoms with Crippen LogP contribution in [0.4, 0.5) is 0 Å². The summed E-state index contributed by atoms with van der Waals surface area (Å²) in [6, 6.07) is 6.84. The maximum atomic E-state index is 5.59. The summed E-state index contributed by atoms with van der Waals surface area (Å²) in [6.07, 6.45) is 2.40. The van der Waals surface area contributed by atoms with Gasteiger partial charge >= 0.3 is 0 Å². The van der Waals surface area contributed by atoms with Gasteiger partial charge in [0, 0.05) is 17.5 Å². The maximum Gasteiger partial charge on any atom is 0.154 e. The third-order valence-corrected chi connectivity index (χ3v) is 5.43. The van der Waals surface area contributed by atoms with Gasteiger partial charge in [-0.3, -0.25) is 4.90 Å². The Morgan fingerprint density at radius 1 is 1.50 bits per heavy atom. The Hall–Kier alpha value is -0.650. The van der Waals surface area contributed by atoms with Gasteiger partial charge in [-0.15, -0.1) is 11.3 Å². The fourth-order valence-electron chi connectivity index (χ4n) is 2.71. The van der Waals surface area contributed by atoms with Gasteiger partial charge in [0.25, 0.3) is 0 Å². The molecule has 0 unspecified atom stereocenters. The summed E-state index contributed by atoms with van der Waals surface area (Å²) >= 11 is 5.34. The molecule has 20 heavy (non-hydrogen) atoms. The molecule has 3 rings (SSSR count). The van der Waals surface area contributed by atoms with Crippen LogP contribution < -0.4 is 0 Å². The first-order valence-corrected chi connectivity index (χ1v) is 8.69. The molecular weight excluding hydrogens is 336 g/mol. The van der Waals surface area contributed by atoms with E-state index in [1.165, 1.54) is 21.5 Å². The summed E-state index contributed by atoms with van der Waals surface area (Å²) in [5.41, 5.74) is 1.06. The van der Waals surface area contributed by atoms with Crippen LogP contribution in [0.2, 0.25) is 0 Å². The second-order valence-corrected chi connectivity index (χ2v) is 8.19. The predicted octanol–water partition coefficient (Wildman–Crippen LogP) is 4.96. The lowest BCUT2D eigenvalue weighted by atomic mass is 10.1. The fourth-order valence-corrected chi connectivity index (χ4v) is 4.22. The third-order valence-electron chi connectivity index (χ3n) is 3.82. The van der Waals surface area contributed by atoms with E-state index in [9.17, 15) is 0 Å². The maximum absolute atomic E-state index is 5.59. The van der Waals surface area contributed by atoms with Crippen molar-refractivity contribution in [2.75, 3.05) is 6.54 Å². The van der Waals surface area contributed by atoms with Crippen LogP contribution in [0.5, 0.6) is 0 Å². The monoisotopic (exact) mass is 354 g/mol. The Kier molecular flexibility index (Phi) is 4.29. The number of thiophene rings is 1. The predicted molar refractivity (Wildman–Crippen MR) is 85.0 cm³/mol. The molecule has 3 heterocycles. The van der Waals surface area contributed by atoms with E-state index in [0.29, 0.717) is 12.0 Å². The standard InChI is InChI=1S/C15H19BrN2OS/c1-10(2)12-8-14(19-17-12)13-4-3-7-18(13)9-11-5-6-15(16)20-11/h5-6,8,10,13H,3-4,7,9H2,1-2H3/t13-/m0/s1. The molecule has 5 heteroatoms. The van der Waals surface area contributed by atoms with Crippen molar-refractivity contribution in [1.29, 1.82) is 0 Å². The summed E-state index contributed by atoms with van der Waals surface area (Å²) in [7, 11) is 0. The molecule has 0 spiro atoms. The average molecular weight is 355 g/mol. The Bertz CT molecular complexity index is 578. The number of hydrogen-bond donors (Lipinski definition) is 0. The molecule has 0 bridgehead atoms. The largest absolute Gasteiger partial charge is 0.359 e. The van der Waals surface area contributed by atoms with Gasteiger partial charge in [0.2, 0.25) is 0 Å². The number of hydrogen-bond acceptors (Lipinski definition) is 4. The van der Waals surface area contributed by atoms with Crippen molar-refractivity contribution < 1.29 is 4.52 Å². The van der Waals surface area contributed by atoms with Crippen molar-refractivity contribution in [3.63, 3.8) is 0 Å². The van der Waals surface area contributed by atoms with E-state index in [2.05, 4.69) is 58.0 Å². The molecule has 1 fully saturated rings. The lowest BCUT2D eigenvalue weighted by Gasteiger charge is -2.21. The second kappa shape index (κ2) is 6.00.